The second-order valence-corrected chi connectivity index (χ2v) is 5.30. The van der Waals surface area contributed by atoms with Gasteiger partial charge in [0.2, 0.25) is 0 Å². The zero-order chi connectivity index (χ0) is 14.5. The molecule has 2 aromatic rings. The van der Waals surface area contributed by atoms with Crippen molar-refractivity contribution in [3.63, 3.8) is 0 Å². The van der Waals surface area contributed by atoms with Gasteiger partial charge in [-0.3, -0.25) is 4.79 Å². The highest BCUT2D eigenvalue weighted by Gasteiger charge is 2.24. The molecule has 1 saturated heterocycles. The first kappa shape index (κ1) is 13.8. The number of carbonyl (C=O) groups is 1. The number of nitrogens with zero attached hydrogens (tertiary/aromatic N) is 1. The van der Waals surface area contributed by atoms with Crippen molar-refractivity contribution < 1.29 is 9.53 Å². The van der Waals surface area contributed by atoms with Crippen LogP contribution in [0.25, 0.3) is 0 Å². The molecule has 3 nitrogen and oxygen atoms in total. The van der Waals surface area contributed by atoms with E-state index in [-0.39, 0.29) is 12.0 Å². The Labute approximate surface area is 125 Å². The molecule has 1 atom stereocenters. The van der Waals surface area contributed by atoms with Crippen LogP contribution in [0.1, 0.15) is 15.9 Å². The molecule has 3 rings (SSSR count). The summed E-state index contributed by atoms with van der Waals surface area (Å²) in [4.78, 5) is 14.4. The van der Waals surface area contributed by atoms with E-state index in [1.54, 1.807) is 0 Å². The van der Waals surface area contributed by atoms with E-state index in [0.29, 0.717) is 19.7 Å². The Balaban J connectivity index is 1.64. The number of carbonyl (C=O) groups excluding carboxylic acids is 1. The van der Waals surface area contributed by atoms with Crippen LogP contribution in [0.15, 0.2) is 60.7 Å². The van der Waals surface area contributed by atoms with Crippen LogP contribution in [0, 0.1) is 0 Å². The van der Waals surface area contributed by atoms with Crippen LogP contribution in [0.4, 0.5) is 0 Å². The van der Waals surface area contributed by atoms with Gasteiger partial charge in [0.1, 0.15) is 0 Å². The lowest BCUT2D eigenvalue weighted by Gasteiger charge is -2.33. The molecule has 1 aliphatic rings. The molecule has 0 aliphatic carbocycles. The molecule has 1 aliphatic heterocycles. The minimum Gasteiger partial charge on any atom is -0.374 e. The fraction of sp³-hybridized carbons (Fsp3) is 0.278. The Morgan fingerprint density at radius 2 is 1.71 bits per heavy atom. The molecule has 2 aromatic carbocycles. The number of morpholine rings is 1. The van der Waals surface area contributed by atoms with Gasteiger partial charge in [0.25, 0.3) is 5.91 Å². The van der Waals surface area contributed by atoms with Crippen molar-refractivity contribution in [2.45, 2.75) is 12.5 Å². The number of benzene rings is 2. The van der Waals surface area contributed by atoms with Gasteiger partial charge in [-0.05, 0) is 17.7 Å². The predicted octanol–water partition coefficient (Wildman–Crippen LogP) is 2.77. The normalized spacial score (nSPS) is 18.5. The Bertz CT molecular complexity index is 583. The van der Waals surface area contributed by atoms with Crippen LogP contribution in [0.3, 0.4) is 0 Å². The maximum Gasteiger partial charge on any atom is 0.254 e. The van der Waals surface area contributed by atoms with Crippen molar-refractivity contribution in [1.29, 1.82) is 0 Å². The van der Waals surface area contributed by atoms with Gasteiger partial charge >= 0.3 is 0 Å². The number of hydrogen-bond acceptors (Lipinski definition) is 2. The molecule has 1 unspecified atom stereocenters. The van der Waals surface area contributed by atoms with E-state index < -0.39 is 0 Å². The molecule has 1 heterocycles. The maximum absolute atomic E-state index is 12.5. The Morgan fingerprint density at radius 3 is 2.43 bits per heavy atom. The monoisotopic (exact) mass is 281 g/mol. The van der Waals surface area contributed by atoms with E-state index in [0.717, 1.165) is 12.0 Å². The molecule has 0 N–H and O–H groups in total. The van der Waals surface area contributed by atoms with Gasteiger partial charge in [-0.1, -0.05) is 48.5 Å². The van der Waals surface area contributed by atoms with Gasteiger partial charge in [-0.2, -0.15) is 0 Å². The number of rotatable bonds is 3. The highest BCUT2D eigenvalue weighted by Crippen LogP contribution is 2.14. The summed E-state index contributed by atoms with van der Waals surface area (Å²) in [6.45, 7) is 1.93. The van der Waals surface area contributed by atoms with E-state index in [9.17, 15) is 4.79 Å². The van der Waals surface area contributed by atoms with Crippen molar-refractivity contribution in [3.05, 3.63) is 71.8 Å². The lowest BCUT2D eigenvalue weighted by molar-refractivity contribution is -0.0208. The first-order valence-electron chi connectivity index (χ1n) is 7.33. The lowest BCUT2D eigenvalue weighted by atomic mass is 10.1. The SMILES string of the molecule is O=C(c1ccccc1)N1CCOC(Cc2ccccc2)C1. The van der Waals surface area contributed by atoms with Crippen LogP contribution in [-0.4, -0.2) is 36.6 Å². The summed E-state index contributed by atoms with van der Waals surface area (Å²) in [5.74, 6) is 0.0944. The molecule has 1 amide bonds. The summed E-state index contributed by atoms with van der Waals surface area (Å²) in [5, 5.41) is 0. The molecule has 0 bridgehead atoms. The summed E-state index contributed by atoms with van der Waals surface area (Å²) >= 11 is 0. The minimum absolute atomic E-state index is 0.0776. The van der Waals surface area contributed by atoms with Gasteiger partial charge in [0, 0.05) is 25.1 Å². The predicted molar refractivity (Wildman–Crippen MR) is 82.2 cm³/mol. The second kappa shape index (κ2) is 6.55. The van der Waals surface area contributed by atoms with Gasteiger partial charge in [-0.25, -0.2) is 0 Å². The van der Waals surface area contributed by atoms with Crippen molar-refractivity contribution in [2.24, 2.45) is 0 Å². The van der Waals surface area contributed by atoms with Crippen molar-refractivity contribution in [3.8, 4) is 0 Å². The lowest BCUT2D eigenvalue weighted by Crippen LogP contribution is -2.46. The highest BCUT2D eigenvalue weighted by molar-refractivity contribution is 5.94. The highest BCUT2D eigenvalue weighted by atomic mass is 16.5. The zero-order valence-electron chi connectivity index (χ0n) is 11.9. The topological polar surface area (TPSA) is 29.5 Å². The fourth-order valence-corrected chi connectivity index (χ4v) is 2.67. The third-order valence-corrected chi connectivity index (χ3v) is 3.75. The third-order valence-electron chi connectivity index (χ3n) is 3.75. The standard InChI is InChI=1S/C18H19NO2/c20-18(16-9-5-2-6-10-16)19-11-12-21-17(14-19)13-15-7-3-1-4-8-15/h1-10,17H,11-14H2. The Hall–Kier alpha value is -2.13. The van der Waals surface area contributed by atoms with Gasteiger partial charge in [0.15, 0.2) is 0 Å². The van der Waals surface area contributed by atoms with Gasteiger partial charge in [0.05, 0.1) is 12.7 Å². The summed E-state index contributed by atoms with van der Waals surface area (Å²) in [5.41, 5.74) is 1.99. The largest absolute Gasteiger partial charge is 0.374 e. The minimum atomic E-state index is 0.0776. The summed E-state index contributed by atoms with van der Waals surface area (Å²) in [6, 6.07) is 19.7. The fourth-order valence-electron chi connectivity index (χ4n) is 2.67. The van der Waals surface area contributed by atoms with E-state index in [1.165, 1.54) is 5.56 Å². The maximum atomic E-state index is 12.5. The molecule has 1 fully saturated rings. The molecule has 0 saturated carbocycles. The van der Waals surface area contributed by atoms with Crippen LogP contribution < -0.4 is 0 Å². The third kappa shape index (κ3) is 3.50. The average molecular weight is 281 g/mol. The summed E-state index contributed by atoms with van der Waals surface area (Å²) in [6.07, 6.45) is 0.924. The van der Waals surface area contributed by atoms with Crippen LogP contribution in [0.2, 0.25) is 0 Å². The van der Waals surface area contributed by atoms with Crippen LogP contribution >= 0.6 is 0 Å². The molecule has 3 heteroatoms. The number of ether oxygens (including phenoxy) is 1. The van der Waals surface area contributed by atoms with Crippen LogP contribution in [-0.2, 0) is 11.2 Å². The van der Waals surface area contributed by atoms with E-state index in [4.69, 9.17) is 4.74 Å². The molecule has 21 heavy (non-hydrogen) atoms. The molecular weight excluding hydrogens is 262 g/mol. The molecule has 0 radical (unpaired) electrons. The van der Waals surface area contributed by atoms with E-state index >= 15 is 0 Å². The number of hydrogen-bond donors (Lipinski definition) is 0. The van der Waals surface area contributed by atoms with E-state index in [2.05, 4.69) is 12.1 Å². The summed E-state index contributed by atoms with van der Waals surface area (Å²) in [7, 11) is 0. The Morgan fingerprint density at radius 1 is 1.05 bits per heavy atom. The van der Waals surface area contributed by atoms with Crippen molar-refractivity contribution in [2.75, 3.05) is 19.7 Å². The molecule has 0 spiro atoms. The summed E-state index contributed by atoms with van der Waals surface area (Å²) < 4.78 is 5.80. The Kier molecular flexibility index (Phi) is 4.31. The number of amides is 1. The smallest absolute Gasteiger partial charge is 0.254 e. The van der Waals surface area contributed by atoms with Gasteiger partial charge in [-0.15, -0.1) is 0 Å². The van der Waals surface area contributed by atoms with Gasteiger partial charge < -0.3 is 9.64 Å². The first-order chi connectivity index (χ1) is 10.3. The molecule has 108 valence electrons. The zero-order valence-corrected chi connectivity index (χ0v) is 11.9. The van der Waals surface area contributed by atoms with Crippen molar-refractivity contribution in [1.82, 2.24) is 4.90 Å². The molecular formula is C18H19NO2. The quantitative estimate of drug-likeness (QED) is 0.866. The van der Waals surface area contributed by atoms with Crippen LogP contribution in [0.5, 0.6) is 0 Å². The molecule has 0 aromatic heterocycles. The average Bonchev–Trinajstić information content (AvgIpc) is 2.56. The second-order valence-electron chi connectivity index (χ2n) is 5.30. The van der Waals surface area contributed by atoms with E-state index in [1.807, 2.05) is 53.4 Å². The van der Waals surface area contributed by atoms with Crippen molar-refractivity contribution >= 4 is 5.91 Å². The first-order valence-corrected chi connectivity index (χ1v) is 7.33.